The first-order valence-electron chi connectivity index (χ1n) is 11.5. The second-order valence-corrected chi connectivity index (χ2v) is 10.1. The summed E-state index contributed by atoms with van der Waals surface area (Å²) >= 11 is 1.30. The summed E-state index contributed by atoms with van der Waals surface area (Å²) in [5.41, 5.74) is 4.98. The van der Waals surface area contributed by atoms with Crippen LogP contribution >= 0.6 is 11.3 Å². The number of esters is 1. The average Bonchev–Trinajstić information content (AvgIpc) is 3.52. The van der Waals surface area contributed by atoms with E-state index in [1.54, 1.807) is 41.8 Å². The molecule has 6 heteroatoms. The zero-order valence-electron chi connectivity index (χ0n) is 18.5. The van der Waals surface area contributed by atoms with E-state index in [-0.39, 0.29) is 23.7 Å². The van der Waals surface area contributed by atoms with Gasteiger partial charge in [-0.05, 0) is 45.8 Å². The lowest BCUT2D eigenvalue weighted by Crippen LogP contribution is -2.41. The molecular weight excluding hydrogens is 458 g/mol. The summed E-state index contributed by atoms with van der Waals surface area (Å²) in [5, 5.41) is 1.81. The van der Waals surface area contributed by atoms with Crippen LogP contribution in [0.4, 0.5) is 5.69 Å². The molecule has 8 rings (SSSR count). The summed E-state index contributed by atoms with van der Waals surface area (Å²) < 4.78 is 5.53. The van der Waals surface area contributed by atoms with Gasteiger partial charge in [0.05, 0.1) is 17.5 Å². The minimum atomic E-state index is -0.464. The van der Waals surface area contributed by atoms with E-state index in [4.69, 9.17) is 4.74 Å². The Morgan fingerprint density at radius 3 is 1.80 bits per heavy atom. The number of benzene rings is 3. The predicted octanol–water partition coefficient (Wildman–Crippen LogP) is 5.36. The van der Waals surface area contributed by atoms with Crippen molar-refractivity contribution in [3.63, 3.8) is 0 Å². The Morgan fingerprint density at radius 2 is 1.29 bits per heavy atom. The van der Waals surface area contributed by atoms with Crippen LogP contribution in [0, 0.1) is 11.8 Å². The highest BCUT2D eigenvalue weighted by molar-refractivity contribution is 7.12. The summed E-state index contributed by atoms with van der Waals surface area (Å²) in [6, 6.07) is 26.5. The second-order valence-electron chi connectivity index (χ2n) is 9.14. The van der Waals surface area contributed by atoms with E-state index < -0.39 is 17.8 Å². The molecule has 2 amide bonds. The van der Waals surface area contributed by atoms with Crippen LogP contribution in [0.2, 0.25) is 0 Å². The Balaban J connectivity index is 1.29. The summed E-state index contributed by atoms with van der Waals surface area (Å²) in [4.78, 5) is 42.0. The van der Waals surface area contributed by atoms with Gasteiger partial charge in [-0.3, -0.25) is 9.59 Å². The molecule has 35 heavy (non-hydrogen) atoms. The molecule has 0 saturated carbocycles. The van der Waals surface area contributed by atoms with E-state index in [9.17, 15) is 14.4 Å². The first-order chi connectivity index (χ1) is 17.1. The van der Waals surface area contributed by atoms with Gasteiger partial charge < -0.3 is 4.74 Å². The molecular formula is C29H19NO4S. The third-order valence-electron chi connectivity index (χ3n) is 7.46. The fraction of sp³-hybridized carbons (Fsp3) is 0.138. The first-order valence-corrected chi connectivity index (χ1v) is 12.4. The van der Waals surface area contributed by atoms with Crippen LogP contribution in [0.15, 0.2) is 90.3 Å². The Morgan fingerprint density at radius 1 is 0.714 bits per heavy atom. The Bertz CT molecular complexity index is 1410. The summed E-state index contributed by atoms with van der Waals surface area (Å²) in [7, 11) is 0. The molecule has 1 fully saturated rings. The number of carbonyl (C=O) groups excluding carboxylic acids is 3. The third kappa shape index (κ3) is 2.83. The van der Waals surface area contributed by atoms with Crippen LogP contribution < -0.4 is 9.64 Å². The summed E-state index contributed by atoms with van der Waals surface area (Å²) in [6.07, 6.45) is 0. The maximum atomic E-state index is 13.9. The highest BCUT2D eigenvalue weighted by atomic mass is 32.1. The SMILES string of the molecule is O=C(Oc1cccc(N2C(=O)[C@H]3C4c5ccccc5C(c5ccccc54)[C@@H]3C2=O)c1)c1cccs1. The molecule has 4 aliphatic rings. The Kier molecular flexibility index (Phi) is 4.35. The highest BCUT2D eigenvalue weighted by Gasteiger charge is 2.61. The number of carbonyl (C=O) groups is 3. The van der Waals surface area contributed by atoms with Crippen molar-refractivity contribution in [3.8, 4) is 5.75 Å². The van der Waals surface area contributed by atoms with E-state index in [1.807, 2.05) is 24.3 Å². The molecule has 0 radical (unpaired) electrons. The van der Waals surface area contributed by atoms with Crippen molar-refractivity contribution in [2.24, 2.45) is 11.8 Å². The molecule has 0 N–H and O–H groups in total. The van der Waals surface area contributed by atoms with E-state index in [2.05, 4.69) is 24.3 Å². The smallest absolute Gasteiger partial charge is 0.353 e. The van der Waals surface area contributed by atoms with Crippen LogP contribution in [0.25, 0.3) is 0 Å². The Labute approximate surface area is 205 Å². The largest absolute Gasteiger partial charge is 0.422 e. The van der Waals surface area contributed by atoms with Crippen molar-refractivity contribution in [2.75, 3.05) is 4.90 Å². The van der Waals surface area contributed by atoms with Gasteiger partial charge in [0.25, 0.3) is 0 Å². The number of amides is 2. The van der Waals surface area contributed by atoms with E-state index in [0.717, 1.165) is 22.3 Å². The molecule has 1 aromatic heterocycles. The van der Waals surface area contributed by atoms with Crippen molar-refractivity contribution in [3.05, 3.63) is 117 Å². The lowest BCUT2D eigenvalue weighted by Gasteiger charge is -2.45. The van der Waals surface area contributed by atoms with Gasteiger partial charge in [-0.2, -0.15) is 0 Å². The van der Waals surface area contributed by atoms with Gasteiger partial charge in [-0.25, -0.2) is 9.69 Å². The lowest BCUT2D eigenvalue weighted by molar-refractivity contribution is -0.122. The second kappa shape index (κ2) is 7.48. The highest BCUT2D eigenvalue weighted by Crippen LogP contribution is 2.61. The molecule has 2 bridgehead atoms. The lowest BCUT2D eigenvalue weighted by atomic mass is 9.55. The molecule has 1 aliphatic heterocycles. The van der Waals surface area contributed by atoms with Gasteiger partial charge >= 0.3 is 5.97 Å². The zero-order valence-corrected chi connectivity index (χ0v) is 19.3. The third-order valence-corrected chi connectivity index (χ3v) is 8.31. The normalized spacial score (nSPS) is 23.6. The molecule has 1 saturated heterocycles. The molecule has 5 nitrogen and oxygen atoms in total. The van der Waals surface area contributed by atoms with Gasteiger partial charge in [0.1, 0.15) is 10.6 Å². The minimum Gasteiger partial charge on any atom is -0.422 e. The van der Waals surface area contributed by atoms with Crippen LogP contribution in [-0.2, 0) is 9.59 Å². The molecule has 2 heterocycles. The van der Waals surface area contributed by atoms with E-state index in [1.165, 1.54) is 16.2 Å². The van der Waals surface area contributed by atoms with E-state index >= 15 is 0 Å². The van der Waals surface area contributed by atoms with Gasteiger partial charge in [0, 0.05) is 17.9 Å². The van der Waals surface area contributed by atoms with Gasteiger partial charge in [-0.1, -0.05) is 60.7 Å². The van der Waals surface area contributed by atoms with Crippen LogP contribution in [0.3, 0.4) is 0 Å². The van der Waals surface area contributed by atoms with Crippen LogP contribution in [0.5, 0.6) is 5.75 Å². The first kappa shape index (κ1) is 20.4. The minimum absolute atomic E-state index is 0.154. The monoisotopic (exact) mass is 477 g/mol. The van der Waals surface area contributed by atoms with E-state index in [0.29, 0.717) is 16.3 Å². The summed E-state index contributed by atoms with van der Waals surface area (Å²) in [5.74, 6) is -1.76. The molecule has 2 atom stereocenters. The zero-order chi connectivity index (χ0) is 23.7. The molecule has 170 valence electrons. The standard InChI is InChI=1S/C29H19NO4S/c31-27-25-23-18-9-1-2-10-19(18)24(21-12-4-3-11-20(21)23)26(25)28(32)30(27)16-7-5-8-17(15-16)34-29(33)22-13-6-14-35-22/h1-15,23-26H/t23?,24?,25-,26-/m0/s1. The van der Waals surface area contributed by atoms with Gasteiger partial charge in [0.15, 0.2) is 0 Å². The molecule has 3 aliphatic carbocycles. The number of hydrogen-bond acceptors (Lipinski definition) is 5. The fourth-order valence-electron chi connectivity index (χ4n) is 6.17. The quantitative estimate of drug-likeness (QED) is 0.226. The van der Waals surface area contributed by atoms with Crippen molar-refractivity contribution >= 4 is 34.8 Å². The van der Waals surface area contributed by atoms with Crippen LogP contribution in [-0.4, -0.2) is 17.8 Å². The van der Waals surface area contributed by atoms with Gasteiger partial charge in [0.2, 0.25) is 11.8 Å². The average molecular weight is 478 g/mol. The molecule has 0 spiro atoms. The molecule has 0 unspecified atom stereocenters. The number of anilines is 1. The maximum Gasteiger partial charge on any atom is 0.353 e. The van der Waals surface area contributed by atoms with Crippen molar-refractivity contribution in [2.45, 2.75) is 11.8 Å². The van der Waals surface area contributed by atoms with Crippen molar-refractivity contribution in [1.29, 1.82) is 0 Å². The number of ether oxygens (including phenoxy) is 1. The van der Waals surface area contributed by atoms with Gasteiger partial charge in [-0.15, -0.1) is 11.3 Å². The predicted molar refractivity (Wildman–Crippen MR) is 132 cm³/mol. The summed E-state index contributed by atoms with van der Waals surface area (Å²) in [6.45, 7) is 0. The number of nitrogens with zero attached hydrogens (tertiary/aromatic N) is 1. The van der Waals surface area contributed by atoms with Crippen LogP contribution in [0.1, 0.15) is 43.8 Å². The maximum absolute atomic E-state index is 13.9. The number of rotatable bonds is 3. The number of thiophene rings is 1. The molecule has 3 aromatic carbocycles. The molecule has 4 aromatic rings. The fourth-order valence-corrected chi connectivity index (χ4v) is 6.77. The number of imide groups is 1. The van der Waals surface area contributed by atoms with Crippen molar-refractivity contribution in [1.82, 2.24) is 0 Å². The van der Waals surface area contributed by atoms with Crippen molar-refractivity contribution < 1.29 is 19.1 Å². The Hall–Kier alpha value is -4.03. The number of hydrogen-bond donors (Lipinski definition) is 0. The topological polar surface area (TPSA) is 63.7 Å².